The molecule has 2 heteroatoms. The lowest BCUT2D eigenvalue weighted by molar-refractivity contribution is 0.0624. The van der Waals surface area contributed by atoms with E-state index in [1.165, 1.54) is 32.1 Å². The van der Waals surface area contributed by atoms with E-state index in [-0.39, 0.29) is 0 Å². The third kappa shape index (κ3) is 2.56. The zero-order valence-electron chi connectivity index (χ0n) is 10.7. The molecule has 16 heavy (non-hydrogen) atoms. The average molecular weight is 245 g/mol. The van der Waals surface area contributed by atoms with Gasteiger partial charge in [0.1, 0.15) is 0 Å². The second kappa shape index (κ2) is 5.27. The molecule has 1 nitrogen and oxygen atoms in total. The van der Waals surface area contributed by atoms with E-state index in [4.69, 9.17) is 16.3 Å². The molecule has 0 aromatic carbocycles. The molecule has 0 saturated heterocycles. The highest BCUT2D eigenvalue weighted by molar-refractivity contribution is 6.18. The van der Waals surface area contributed by atoms with Gasteiger partial charge in [0.15, 0.2) is 0 Å². The quantitative estimate of drug-likeness (QED) is 0.505. The SMILES string of the molecule is CC(C)COCCC1(CCl)CC2CCC1C2. The van der Waals surface area contributed by atoms with Crippen LogP contribution in [0.25, 0.3) is 0 Å². The molecule has 0 aromatic heterocycles. The highest BCUT2D eigenvalue weighted by Gasteiger charge is 2.49. The summed E-state index contributed by atoms with van der Waals surface area (Å²) in [5.74, 6) is 3.37. The lowest BCUT2D eigenvalue weighted by Gasteiger charge is -2.36. The first kappa shape index (κ1) is 12.7. The Bertz CT molecular complexity index is 229. The molecule has 3 atom stereocenters. The minimum absolute atomic E-state index is 0.432. The number of ether oxygens (including phenoxy) is 1. The van der Waals surface area contributed by atoms with Crippen LogP contribution in [0.4, 0.5) is 0 Å². The van der Waals surface area contributed by atoms with E-state index in [9.17, 15) is 0 Å². The van der Waals surface area contributed by atoms with Gasteiger partial charge in [0.2, 0.25) is 0 Å². The van der Waals surface area contributed by atoms with E-state index < -0.39 is 0 Å². The largest absolute Gasteiger partial charge is 0.381 e. The topological polar surface area (TPSA) is 9.23 Å². The highest BCUT2D eigenvalue weighted by atomic mass is 35.5. The molecule has 2 rings (SSSR count). The van der Waals surface area contributed by atoms with Crippen LogP contribution in [0, 0.1) is 23.2 Å². The molecule has 0 aromatic rings. The summed E-state index contributed by atoms with van der Waals surface area (Å²) in [4.78, 5) is 0. The van der Waals surface area contributed by atoms with Crippen molar-refractivity contribution in [1.29, 1.82) is 0 Å². The van der Waals surface area contributed by atoms with Crippen molar-refractivity contribution in [3.63, 3.8) is 0 Å². The van der Waals surface area contributed by atoms with Gasteiger partial charge in [-0.25, -0.2) is 0 Å². The third-order valence-corrected chi connectivity index (χ3v) is 5.10. The van der Waals surface area contributed by atoms with Crippen molar-refractivity contribution >= 4 is 11.6 Å². The van der Waals surface area contributed by atoms with Gasteiger partial charge in [-0.15, -0.1) is 11.6 Å². The van der Waals surface area contributed by atoms with Gasteiger partial charge >= 0.3 is 0 Å². The summed E-state index contributed by atoms with van der Waals surface area (Å²) >= 11 is 6.24. The Morgan fingerprint density at radius 2 is 2.19 bits per heavy atom. The van der Waals surface area contributed by atoms with Crippen LogP contribution in [0.3, 0.4) is 0 Å². The fourth-order valence-electron chi connectivity index (χ4n) is 3.69. The summed E-state index contributed by atoms with van der Waals surface area (Å²) in [6.07, 6.45) is 6.87. The number of fused-ring (bicyclic) bond motifs is 2. The fourth-order valence-corrected chi connectivity index (χ4v) is 4.15. The van der Waals surface area contributed by atoms with Crippen molar-refractivity contribution in [3.8, 4) is 0 Å². The Kier molecular flexibility index (Phi) is 4.18. The molecule has 2 aliphatic rings. The number of alkyl halides is 1. The molecule has 0 N–H and O–H groups in total. The maximum atomic E-state index is 6.24. The van der Waals surface area contributed by atoms with Gasteiger partial charge in [-0.3, -0.25) is 0 Å². The Balaban J connectivity index is 1.77. The Morgan fingerprint density at radius 1 is 1.38 bits per heavy atom. The number of rotatable bonds is 6. The van der Waals surface area contributed by atoms with Crippen molar-refractivity contribution in [2.45, 2.75) is 46.0 Å². The summed E-state index contributed by atoms with van der Waals surface area (Å²) in [5.41, 5.74) is 0.432. The summed E-state index contributed by atoms with van der Waals surface area (Å²) in [6, 6.07) is 0. The highest BCUT2D eigenvalue weighted by Crippen LogP contribution is 2.58. The summed E-state index contributed by atoms with van der Waals surface area (Å²) in [5, 5.41) is 0. The van der Waals surface area contributed by atoms with Crippen LogP contribution >= 0.6 is 11.6 Å². The van der Waals surface area contributed by atoms with E-state index in [1.807, 2.05) is 0 Å². The van der Waals surface area contributed by atoms with Crippen molar-refractivity contribution in [3.05, 3.63) is 0 Å². The normalized spacial score (nSPS) is 37.5. The van der Waals surface area contributed by atoms with Crippen LogP contribution in [0.15, 0.2) is 0 Å². The monoisotopic (exact) mass is 244 g/mol. The van der Waals surface area contributed by atoms with Gasteiger partial charge in [-0.2, -0.15) is 0 Å². The molecule has 0 amide bonds. The molecule has 0 radical (unpaired) electrons. The molecule has 94 valence electrons. The molecule has 0 heterocycles. The predicted molar refractivity (Wildman–Crippen MR) is 68.9 cm³/mol. The van der Waals surface area contributed by atoms with Crippen molar-refractivity contribution in [2.24, 2.45) is 23.2 Å². The standard InChI is InChI=1S/C14H25ClO/c1-11(2)9-16-6-5-14(10-15)8-12-3-4-13(14)7-12/h11-13H,3-10H2,1-2H3. The van der Waals surface area contributed by atoms with Gasteiger partial charge < -0.3 is 4.74 Å². The molecule has 2 fully saturated rings. The van der Waals surface area contributed by atoms with Crippen LogP contribution in [0.2, 0.25) is 0 Å². The van der Waals surface area contributed by atoms with Crippen LogP contribution in [-0.4, -0.2) is 19.1 Å². The third-order valence-electron chi connectivity index (χ3n) is 4.56. The Hall–Kier alpha value is 0.250. The summed E-state index contributed by atoms with van der Waals surface area (Å²) in [6.45, 7) is 6.21. The van der Waals surface area contributed by atoms with E-state index in [0.29, 0.717) is 11.3 Å². The van der Waals surface area contributed by atoms with Crippen molar-refractivity contribution in [2.75, 3.05) is 19.1 Å². The second-order valence-electron chi connectivity index (χ2n) is 6.29. The van der Waals surface area contributed by atoms with Crippen LogP contribution in [-0.2, 0) is 4.74 Å². The van der Waals surface area contributed by atoms with E-state index in [2.05, 4.69) is 13.8 Å². The number of hydrogen-bond donors (Lipinski definition) is 0. The summed E-state index contributed by atoms with van der Waals surface area (Å²) < 4.78 is 5.73. The molecule has 2 saturated carbocycles. The first-order valence-electron chi connectivity index (χ1n) is 6.80. The average Bonchev–Trinajstić information content (AvgIpc) is 2.84. The second-order valence-corrected chi connectivity index (χ2v) is 6.56. The molecule has 3 unspecified atom stereocenters. The van der Waals surface area contributed by atoms with Crippen LogP contribution in [0.5, 0.6) is 0 Å². The van der Waals surface area contributed by atoms with Gasteiger partial charge in [0.05, 0.1) is 0 Å². The number of hydrogen-bond acceptors (Lipinski definition) is 1. The van der Waals surface area contributed by atoms with Crippen LogP contribution < -0.4 is 0 Å². The predicted octanol–water partition coefficient (Wildman–Crippen LogP) is 4.09. The molecule has 0 aliphatic heterocycles. The van der Waals surface area contributed by atoms with E-state index >= 15 is 0 Å². The van der Waals surface area contributed by atoms with Gasteiger partial charge in [0.25, 0.3) is 0 Å². The minimum Gasteiger partial charge on any atom is -0.381 e. The van der Waals surface area contributed by atoms with Gasteiger partial charge in [-0.1, -0.05) is 20.3 Å². The molecular formula is C14H25ClO. The van der Waals surface area contributed by atoms with Crippen molar-refractivity contribution < 1.29 is 4.74 Å². The van der Waals surface area contributed by atoms with Crippen LogP contribution in [0.1, 0.15) is 46.0 Å². The minimum atomic E-state index is 0.432. The first-order valence-corrected chi connectivity index (χ1v) is 7.33. The lowest BCUT2D eigenvalue weighted by Crippen LogP contribution is -2.31. The van der Waals surface area contributed by atoms with Gasteiger partial charge in [0, 0.05) is 19.1 Å². The first-order chi connectivity index (χ1) is 7.66. The van der Waals surface area contributed by atoms with E-state index in [1.54, 1.807) is 0 Å². The van der Waals surface area contributed by atoms with Crippen molar-refractivity contribution in [1.82, 2.24) is 0 Å². The smallest absolute Gasteiger partial charge is 0.0488 e. The summed E-state index contributed by atoms with van der Waals surface area (Å²) in [7, 11) is 0. The zero-order valence-corrected chi connectivity index (χ0v) is 11.4. The van der Waals surface area contributed by atoms with E-state index in [0.717, 1.165) is 30.9 Å². The molecular weight excluding hydrogens is 220 g/mol. The molecule has 0 spiro atoms. The maximum Gasteiger partial charge on any atom is 0.0488 e. The zero-order chi connectivity index (χ0) is 11.6. The molecule has 2 bridgehead atoms. The molecule has 2 aliphatic carbocycles. The lowest BCUT2D eigenvalue weighted by atomic mass is 9.72. The fraction of sp³-hybridized carbons (Fsp3) is 1.00. The Labute approximate surface area is 105 Å². The number of halogens is 1. The maximum absolute atomic E-state index is 6.24. The van der Waals surface area contributed by atoms with Gasteiger partial charge in [-0.05, 0) is 48.9 Å². The Morgan fingerprint density at radius 3 is 2.69 bits per heavy atom.